The molecule has 2 heterocycles. The molecular formula is C16H15ClN4O. The molecule has 0 spiro atoms. The number of hydrogen-bond acceptors (Lipinski definition) is 4. The van der Waals surface area contributed by atoms with Crippen LogP contribution in [0.15, 0.2) is 54.9 Å². The first-order valence-corrected chi connectivity index (χ1v) is 7.23. The first-order chi connectivity index (χ1) is 10.8. The number of anilines is 1. The summed E-state index contributed by atoms with van der Waals surface area (Å²) in [6, 6.07) is 13.2. The number of rotatable bonds is 5. The lowest BCUT2D eigenvalue weighted by Gasteiger charge is -2.05. The van der Waals surface area contributed by atoms with Crippen molar-refractivity contribution in [2.45, 2.75) is 13.2 Å². The molecule has 0 bridgehead atoms. The third-order valence-electron chi connectivity index (χ3n) is 3.22. The Morgan fingerprint density at radius 2 is 1.86 bits per heavy atom. The summed E-state index contributed by atoms with van der Waals surface area (Å²) in [6.07, 6.45) is 3.49. The van der Waals surface area contributed by atoms with Crippen LogP contribution in [0, 0.1) is 0 Å². The van der Waals surface area contributed by atoms with Crippen LogP contribution >= 0.6 is 11.6 Å². The van der Waals surface area contributed by atoms with Crippen molar-refractivity contribution in [2.75, 3.05) is 5.32 Å². The molecule has 6 heteroatoms. The standard InChI is InChI=1S/C16H15ClN4O/c17-14-2-1-8-18-16(14)21-9-7-15(20-21)19-10-12-3-5-13(11-22)6-4-12/h1-9,22H,10-11H2,(H,19,20). The van der Waals surface area contributed by atoms with E-state index in [9.17, 15) is 0 Å². The fraction of sp³-hybridized carbons (Fsp3) is 0.125. The van der Waals surface area contributed by atoms with Gasteiger partial charge in [0.1, 0.15) is 5.82 Å². The van der Waals surface area contributed by atoms with Crippen LogP contribution in [-0.2, 0) is 13.2 Å². The van der Waals surface area contributed by atoms with Crippen LogP contribution in [-0.4, -0.2) is 19.9 Å². The van der Waals surface area contributed by atoms with Gasteiger partial charge in [-0.2, -0.15) is 0 Å². The quantitative estimate of drug-likeness (QED) is 0.760. The molecule has 0 aliphatic heterocycles. The molecule has 0 saturated carbocycles. The third kappa shape index (κ3) is 3.27. The van der Waals surface area contributed by atoms with Gasteiger partial charge < -0.3 is 10.4 Å². The van der Waals surface area contributed by atoms with Crippen LogP contribution in [0.5, 0.6) is 0 Å². The Kier molecular flexibility index (Phi) is 4.37. The van der Waals surface area contributed by atoms with E-state index in [1.807, 2.05) is 36.5 Å². The number of pyridine rings is 1. The van der Waals surface area contributed by atoms with Crippen molar-refractivity contribution in [2.24, 2.45) is 0 Å². The molecule has 0 amide bonds. The summed E-state index contributed by atoms with van der Waals surface area (Å²) < 4.78 is 1.64. The summed E-state index contributed by atoms with van der Waals surface area (Å²) in [5.74, 6) is 1.34. The second-order valence-electron chi connectivity index (χ2n) is 4.78. The van der Waals surface area contributed by atoms with E-state index in [0.29, 0.717) is 17.4 Å². The van der Waals surface area contributed by atoms with Gasteiger partial charge in [0.05, 0.1) is 11.6 Å². The van der Waals surface area contributed by atoms with Gasteiger partial charge in [-0.25, -0.2) is 9.67 Å². The molecule has 3 aromatic rings. The highest BCUT2D eigenvalue weighted by molar-refractivity contribution is 6.32. The topological polar surface area (TPSA) is 63.0 Å². The minimum absolute atomic E-state index is 0.0585. The van der Waals surface area contributed by atoms with Gasteiger partial charge in [0, 0.05) is 25.0 Å². The second-order valence-corrected chi connectivity index (χ2v) is 5.19. The highest BCUT2D eigenvalue weighted by atomic mass is 35.5. The average molecular weight is 315 g/mol. The lowest BCUT2D eigenvalue weighted by Crippen LogP contribution is -2.03. The Labute approximate surface area is 133 Å². The zero-order valence-corrected chi connectivity index (χ0v) is 12.5. The molecule has 0 aliphatic carbocycles. The first kappa shape index (κ1) is 14.6. The van der Waals surface area contributed by atoms with E-state index in [1.54, 1.807) is 23.0 Å². The number of nitrogens with zero attached hydrogens (tertiary/aromatic N) is 3. The summed E-state index contributed by atoms with van der Waals surface area (Å²) in [5.41, 5.74) is 2.01. The van der Waals surface area contributed by atoms with Gasteiger partial charge in [0.25, 0.3) is 0 Å². The van der Waals surface area contributed by atoms with Gasteiger partial charge in [0.15, 0.2) is 5.82 Å². The number of aromatic nitrogens is 3. The molecule has 0 fully saturated rings. The Morgan fingerprint density at radius 3 is 2.59 bits per heavy atom. The summed E-state index contributed by atoms with van der Waals surface area (Å²) in [6.45, 7) is 0.710. The van der Waals surface area contributed by atoms with E-state index in [-0.39, 0.29) is 6.61 Å². The van der Waals surface area contributed by atoms with Crippen LogP contribution < -0.4 is 5.32 Å². The van der Waals surface area contributed by atoms with E-state index in [0.717, 1.165) is 16.9 Å². The fourth-order valence-electron chi connectivity index (χ4n) is 2.04. The number of hydrogen-bond donors (Lipinski definition) is 2. The molecule has 112 valence electrons. The molecule has 3 rings (SSSR count). The molecule has 0 radical (unpaired) electrons. The zero-order valence-electron chi connectivity index (χ0n) is 11.8. The molecule has 22 heavy (non-hydrogen) atoms. The highest BCUT2D eigenvalue weighted by Crippen LogP contribution is 2.17. The van der Waals surface area contributed by atoms with E-state index in [2.05, 4.69) is 15.4 Å². The van der Waals surface area contributed by atoms with Crippen molar-refractivity contribution >= 4 is 17.4 Å². The molecule has 0 unspecified atom stereocenters. The van der Waals surface area contributed by atoms with Gasteiger partial charge in [-0.3, -0.25) is 0 Å². The average Bonchev–Trinajstić information content (AvgIpc) is 3.02. The normalized spacial score (nSPS) is 10.6. The maximum absolute atomic E-state index is 9.02. The lowest BCUT2D eigenvalue weighted by atomic mass is 10.1. The monoisotopic (exact) mass is 314 g/mol. The Bertz CT molecular complexity index is 755. The minimum atomic E-state index is 0.0585. The van der Waals surface area contributed by atoms with Crippen molar-refractivity contribution < 1.29 is 5.11 Å². The van der Waals surface area contributed by atoms with Crippen LogP contribution in [0.25, 0.3) is 5.82 Å². The van der Waals surface area contributed by atoms with Crippen LogP contribution in [0.1, 0.15) is 11.1 Å². The Morgan fingerprint density at radius 1 is 1.09 bits per heavy atom. The Hall–Kier alpha value is -2.37. The van der Waals surface area contributed by atoms with Crippen LogP contribution in [0.4, 0.5) is 5.82 Å². The largest absolute Gasteiger partial charge is 0.392 e. The van der Waals surface area contributed by atoms with E-state index in [4.69, 9.17) is 16.7 Å². The smallest absolute Gasteiger partial charge is 0.172 e. The Balaban J connectivity index is 1.68. The molecule has 5 nitrogen and oxygen atoms in total. The van der Waals surface area contributed by atoms with E-state index < -0.39 is 0 Å². The lowest BCUT2D eigenvalue weighted by molar-refractivity contribution is 0.282. The summed E-state index contributed by atoms with van der Waals surface area (Å²) in [7, 11) is 0. The van der Waals surface area contributed by atoms with Crippen molar-refractivity contribution in [3.63, 3.8) is 0 Å². The zero-order chi connectivity index (χ0) is 15.4. The van der Waals surface area contributed by atoms with Crippen LogP contribution in [0.3, 0.4) is 0 Å². The van der Waals surface area contributed by atoms with Crippen molar-refractivity contribution in [3.8, 4) is 5.82 Å². The molecule has 2 N–H and O–H groups in total. The molecule has 0 saturated heterocycles. The van der Waals surface area contributed by atoms with Crippen LogP contribution in [0.2, 0.25) is 5.02 Å². The number of benzene rings is 1. The van der Waals surface area contributed by atoms with E-state index >= 15 is 0 Å². The van der Waals surface area contributed by atoms with Gasteiger partial charge in [-0.15, -0.1) is 5.10 Å². The van der Waals surface area contributed by atoms with Gasteiger partial charge in [0.2, 0.25) is 0 Å². The molecule has 2 aromatic heterocycles. The SMILES string of the molecule is OCc1ccc(CNc2ccn(-c3ncccc3Cl)n2)cc1. The van der Waals surface area contributed by atoms with Crippen molar-refractivity contribution in [1.29, 1.82) is 0 Å². The number of nitrogens with one attached hydrogen (secondary N) is 1. The predicted molar refractivity (Wildman–Crippen MR) is 86.1 cm³/mol. The second kappa shape index (κ2) is 6.60. The number of aliphatic hydroxyl groups excluding tert-OH is 1. The highest BCUT2D eigenvalue weighted by Gasteiger charge is 2.05. The number of aliphatic hydroxyl groups is 1. The van der Waals surface area contributed by atoms with Crippen molar-refractivity contribution in [3.05, 3.63) is 71.0 Å². The van der Waals surface area contributed by atoms with Crippen molar-refractivity contribution in [1.82, 2.24) is 14.8 Å². The number of halogens is 1. The first-order valence-electron chi connectivity index (χ1n) is 6.85. The maximum Gasteiger partial charge on any atom is 0.172 e. The molecular weight excluding hydrogens is 300 g/mol. The fourth-order valence-corrected chi connectivity index (χ4v) is 2.25. The van der Waals surface area contributed by atoms with Gasteiger partial charge in [-0.05, 0) is 23.3 Å². The van der Waals surface area contributed by atoms with Gasteiger partial charge >= 0.3 is 0 Å². The summed E-state index contributed by atoms with van der Waals surface area (Å²) >= 11 is 6.11. The summed E-state index contributed by atoms with van der Waals surface area (Å²) in [4.78, 5) is 4.22. The molecule has 0 atom stereocenters. The predicted octanol–water partition coefficient (Wildman–Crippen LogP) is 3.03. The van der Waals surface area contributed by atoms with Gasteiger partial charge in [-0.1, -0.05) is 35.9 Å². The maximum atomic E-state index is 9.02. The molecule has 0 aliphatic rings. The molecule has 1 aromatic carbocycles. The minimum Gasteiger partial charge on any atom is -0.392 e. The third-order valence-corrected chi connectivity index (χ3v) is 3.52. The van der Waals surface area contributed by atoms with E-state index in [1.165, 1.54) is 0 Å². The summed E-state index contributed by atoms with van der Waals surface area (Å²) in [5, 5.41) is 17.2.